The highest BCUT2D eigenvalue weighted by molar-refractivity contribution is 5.62. The summed E-state index contributed by atoms with van der Waals surface area (Å²) in [6, 6.07) is 1.91. The van der Waals surface area contributed by atoms with Gasteiger partial charge in [0.1, 0.15) is 17.5 Å². The Kier molecular flexibility index (Phi) is 3.69. The molecule has 0 aliphatic carbocycles. The second-order valence-electron chi connectivity index (χ2n) is 4.81. The largest absolute Gasteiger partial charge is 0.373 e. The molecule has 2 aromatic rings. The summed E-state index contributed by atoms with van der Waals surface area (Å²) >= 11 is 0. The molecule has 0 amide bonds. The van der Waals surface area contributed by atoms with Crippen molar-refractivity contribution in [1.82, 2.24) is 19.7 Å². The van der Waals surface area contributed by atoms with Crippen molar-refractivity contribution in [1.29, 1.82) is 0 Å². The molecule has 0 aliphatic heterocycles. The first-order chi connectivity index (χ1) is 9.01. The summed E-state index contributed by atoms with van der Waals surface area (Å²) < 4.78 is 1.75. The van der Waals surface area contributed by atoms with Crippen LogP contribution in [0.4, 0.5) is 17.5 Å². The zero-order valence-electron chi connectivity index (χ0n) is 12.0. The minimum atomic E-state index is 0.275. The number of nitrogens with zero attached hydrogens (tertiary/aromatic N) is 4. The van der Waals surface area contributed by atoms with Crippen LogP contribution in [-0.2, 0) is 7.05 Å². The number of anilines is 3. The van der Waals surface area contributed by atoms with Crippen molar-refractivity contribution in [3.63, 3.8) is 0 Å². The van der Waals surface area contributed by atoms with E-state index in [4.69, 9.17) is 0 Å². The SMILES string of the molecule is CNc1nc(C(C)C)nc(Nc2ccn(C)n2)c1C. The van der Waals surface area contributed by atoms with Gasteiger partial charge in [0, 0.05) is 37.8 Å². The Labute approximate surface area is 113 Å². The van der Waals surface area contributed by atoms with Crippen molar-refractivity contribution < 1.29 is 0 Å². The van der Waals surface area contributed by atoms with Gasteiger partial charge in [0.2, 0.25) is 0 Å². The summed E-state index contributed by atoms with van der Waals surface area (Å²) in [4.78, 5) is 9.08. The van der Waals surface area contributed by atoms with E-state index in [1.54, 1.807) is 4.68 Å². The molecule has 2 N–H and O–H groups in total. The average molecular weight is 260 g/mol. The standard InChI is InChI=1S/C13H20N6/c1-8(2)11-16-12(14-4)9(3)13(17-11)15-10-6-7-19(5)18-10/h6-8H,1-5H3,(H2,14,15,16,17,18). The van der Waals surface area contributed by atoms with Crippen LogP contribution in [0, 0.1) is 6.92 Å². The minimum Gasteiger partial charge on any atom is -0.373 e. The molecule has 0 bridgehead atoms. The first kappa shape index (κ1) is 13.3. The summed E-state index contributed by atoms with van der Waals surface area (Å²) in [5, 5.41) is 10.6. The number of aromatic nitrogens is 4. The Bertz CT molecular complexity index is 573. The molecule has 0 unspecified atom stereocenters. The van der Waals surface area contributed by atoms with Crippen LogP contribution >= 0.6 is 0 Å². The minimum absolute atomic E-state index is 0.275. The first-order valence-corrected chi connectivity index (χ1v) is 6.34. The molecule has 0 aliphatic rings. The molecule has 6 nitrogen and oxygen atoms in total. The highest BCUT2D eigenvalue weighted by Gasteiger charge is 2.13. The van der Waals surface area contributed by atoms with Crippen molar-refractivity contribution in [2.75, 3.05) is 17.7 Å². The topological polar surface area (TPSA) is 67.7 Å². The number of hydrogen-bond donors (Lipinski definition) is 2. The Morgan fingerprint density at radius 1 is 1.21 bits per heavy atom. The molecule has 2 aromatic heterocycles. The lowest BCUT2D eigenvalue weighted by atomic mass is 10.2. The van der Waals surface area contributed by atoms with Crippen LogP contribution < -0.4 is 10.6 Å². The summed E-state index contributed by atoms with van der Waals surface area (Å²) in [7, 11) is 3.75. The average Bonchev–Trinajstić information content (AvgIpc) is 2.77. The number of hydrogen-bond acceptors (Lipinski definition) is 5. The van der Waals surface area contributed by atoms with E-state index in [2.05, 4.69) is 39.5 Å². The predicted molar refractivity (Wildman–Crippen MR) is 76.9 cm³/mol. The lowest BCUT2D eigenvalue weighted by Crippen LogP contribution is -2.08. The Morgan fingerprint density at radius 2 is 1.89 bits per heavy atom. The number of aryl methyl sites for hydroxylation is 1. The van der Waals surface area contributed by atoms with Crippen LogP contribution in [0.15, 0.2) is 12.3 Å². The smallest absolute Gasteiger partial charge is 0.153 e. The van der Waals surface area contributed by atoms with Crippen molar-refractivity contribution in [3.8, 4) is 0 Å². The third-order valence-corrected chi connectivity index (χ3v) is 2.88. The molecule has 0 aromatic carbocycles. The molecule has 0 saturated heterocycles. The molecule has 0 atom stereocenters. The Balaban J connectivity index is 2.40. The van der Waals surface area contributed by atoms with E-state index in [-0.39, 0.29) is 5.92 Å². The van der Waals surface area contributed by atoms with Gasteiger partial charge in [-0.25, -0.2) is 9.97 Å². The van der Waals surface area contributed by atoms with E-state index >= 15 is 0 Å². The van der Waals surface area contributed by atoms with Gasteiger partial charge >= 0.3 is 0 Å². The number of nitrogens with one attached hydrogen (secondary N) is 2. The number of rotatable bonds is 4. The van der Waals surface area contributed by atoms with Gasteiger partial charge in [-0.2, -0.15) is 5.10 Å². The summed E-state index contributed by atoms with van der Waals surface area (Å²) in [6.07, 6.45) is 1.89. The van der Waals surface area contributed by atoms with Gasteiger partial charge in [0.25, 0.3) is 0 Å². The van der Waals surface area contributed by atoms with Crippen LogP contribution in [0.1, 0.15) is 31.2 Å². The maximum atomic E-state index is 4.57. The van der Waals surface area contributed by atoms with Gasteiger partial charge < -0.3 is 10.6 Å². The molecular weight excluding hydrogens is 240 g/mol. The summed E-state index contributed by atoms with van der Waals surface area (Å²) in [5.74, 6) is 3.50. The van der Waals surface area contributed by atoms with Crippen molar-refractivity contribution in [2.45, 2.75) is 26.7 Å². The first-order valence-electron chi connectivity index (χ1n) is 6.34. The lowest BCUT2D eigenvalue weighted by molar-refractivity contribution is 0.766. The molecule has 102 valence electrons. The zero-order valence-corrected chi connectivity index (χ0v) is 12.0. The summed E-state index contributed by atoms with van der Waals surface area (Å²) in [6.45, 7) is 6.14. The lowest BCUT2D eigenvalue weighted by Gasteiger charge is -2.14. The monoisotopic (exact) mass is 260 g/mol. The van der Waals surface area contributed by atoms with Crippen LogP contribution in [0.2, 0.25) is 0 Å². The fourth-order valence-electron chi connectivity index (χ4n) is 1.76. The van der Waals surface area contributed by atoms with E-state index in [0.717, 1.165) is 28.8 Å². The van der Waals surface area contributed by atoms with E-state index in [1.165, 1.54) is 0 Å². The van der Waals surface area contributed by atoms with Gasteiger partial charge in [-0.05, 0) is 6.92 Å². The van der Waals surface area contributed by atoms with Crippen LogP contribution in [0.25, 0.3) is 0 Å². The fourth-order valence-corrected chi connectivity index (χ4v) is 1.76. The second-order valence-corrected chi connectivity index (χ2v) is 4.81. The van der Waals surface area contributed by atoms with Gasteiger partial charge in [0.15, 0.2) is 5.82 Å². The van der Waals surface area contributed by atoms with Crippen molar-refractivity contribution in [2.24, 2.45) is 7.05 Å². The Hall–Kier alpha value is -2.11. The fraction of sp³-hybridized carbons (Fsp3) is 0.462. The van der Waals surface area contributed by atoms with Crippen molar-refractivity contribution in [3.05, 3.63) is 23.7 Å². The second kappa shape index (κ2) is 5.26. The van der Waals surface area contributed by atoms with E-state index in [0.29, 0.717) is 0 Å². The van der Waals surface area contributed by atoms with Crippen LogP contribution in [-0.4, -0.2) is 26.8 Å². The van der Waals surface area contributed by atoms with E-state index in [1.807, 2.05) is 33.3 Å². The molecule has 19 heavy (non-hydrogen) atoms. The molecule has 6 heteroatoms. The van der Waals surface area contributed by atoms with Gasteiger partial charge in [-0.3, -0.25) is 4.68 Å². The van der Waals surface area contributed by atoms with Crippen LogP contribution in [0.3, 0.4) is 0 Å². The van der Waals surface area contributed by atoms with Crippen LogP contribution in [0.5, 0.6) is 0 Å². The summed E-state index contributed by atoms with van der Waals surface area (Å²) in [5.41, 5.74) is 0.984. The molecule has 0 saturated carbocycles. The third-order valence-electron chi connectivity index (χ3n) is 2.88. The quantitative estimate of drug-likeness (QED) is 0.883. The van der Waals surface area contributed by atoms with Gasteiger partial charge in [-0.15, -0.1) is 0 Å². The van der Waals surface area contributed by atoms with Gasteiger partial charge in [0.05, 0.1) is 0 Å². The molecule has 0 spiro atoms. The molecule has 0 radical (unpaired) electrons. The normalized spacial score (nSPS) is 10.8. The molecule has 2 rings (SSSR count). The molecular formula is C13H20N6. The van der Waals surface area contributed by atoms with Gasteiger partial charge in [-0.1, -0.05) is 13.8 Å². The van der Waals surface area contributed by atoms with Crippen molar-refractivity contribution >= 4 is 17.5 Å². The van der Waals surface area contributed by atoms with E-state index < -0.39 is 0 Å². The maximum absolute atomic E-state index is 4.57. The molecule has 2 heterocycles. The molecule has 0 fully saturated rings. The highest BCUT2D eigenvalue weighted by atomic mass is 15.3. The maximum Gasteiger partial charge on any atom is 0.153 e. The zero-order chi connectivity index (χ0) is 14.0. The third kappa shape index (κ3) is 2.83. The predicted octanol–water partition coefficient (Wildman–Crippen LogP) is 2.43. The highest BCUT2D eigenvalue weighted by Crippen LogP contribution is 2.24. The van der Waals surface area contributed by atoms with E-state index in [9.17, 15) is 0 Å². The Morgan fingerprint density at radius 3 is 2.42 bits per heavy atom.